The predicted molar refractivity (Wildman–Crippen MR) is 126 cm³/mol. The standard InChI is InChI=1S/C26H31N3O4/c1-18-25(22-12-13-27-23(14-22)32-2)26(21-6-4-3-5-7-21)28-29(18)15-19-8-10-20(11-9-19)16-33-17-24(30)31/h3-7,12-14,19-20H,8-11,15-17H2,1-2H3,(H,30,31). The van der Waals surface area contributed by atoms with E-state index in [-0.39, 0.29) is 6.61 Å². The van der Waals surface area contributed by atoms with Crippen molar-refractivity contribution < 1.29 is 19.4 Å². The van der Waals surface area contributed by atoms with Crippen LogP contribution in [-0.4, -0.2) is 46.2 Å². The number of carboxylic acid groups (broad SMARTS) is 1. The summed E-state index contributed by atoms with van der Waals surface area (Å²) in [6, 6.07) is 14.2. The largest absolute Gasteiger partial charge is 0.481 e. The fourth-order valence-corrected chi connectivity index (χ4v) is 4.68. The first-order valence-electron chi connectivity index (χ1n) is 11.5. The smallest absolute Gasteiger partial charge is 0.329 e. The number of aliphatic carboxylic acids is 1. The molecule has 1 aliphatic rings. The minimum atomic E-state index is -0.908. The minimum Gasteiger partial charge on any atom is -0.481 e. The van der Waals surface area contributed by atoms with Crippen LogP contribution < -0.4 is 4.74 Å². The summed E-state index contributed by atoms with van der Waals surface area (Å²) < 4.78 is 12.8. The van der Waals surface area contributed by atoms with Crippen molar-refractivity contribution in [3.63, 3.8) is 0 Å². The van der Waals surface area contributed by atoms with Crippen LogP contribution in [0.1, 0.15) is 31.4 Å². The third kappa shape index (κ3) is 5.60. The van der Waals surface area contributed by atoms with Crippen molar-refractivity contribution in [1.82, 2.24) is 14.8 Å². The lowest BCUT2D eigenvalue weighted by Gasteiger charge is -2.28. The number of benzene rings is 1. The molecule has 0 radical (unpaired) electrons. The van der Waals surface area contributed by atoms with Gasteiger partial charge in [0.05, 0.1) is 13.7 Å². The maximum absolute atomic E-state index is 10.7. The van der Waals surface area contributed by atoms with Crippen LogP contribution in [0.4, 0.5) is 0 Å². The molecule has 0 spiro atoms. The minimum absolute atomic E-state index is 0.211. The molecule has 7 heteroatoms. The van der Waals surface area contributed by atoms with Gasteiger partial charge in [-0.15, -0.1) is 0 Å². The molecule has 0 unspecified atom stereocenters. The summed E-state index contributed by atoms with van der Waals surface area (Å²) in [7, 11) is 1.63. The van der Waals surface area contributed by atoms with E-state index in [1.807, 2.05) is 30.3 Å². The Morgan fingerprint density at radius 2 is 1.82 bits per heavy atom. The quantitative estimate of drug-likeness (QED) is 0.503. The van der Waals surface area contributed by atoms with Gasteiger partial charge >= 0.3 is 5.97 Å². The summed E-state index contributed by atoms with van der Waals surface area (Å²) in [6.07, 6.45) is 6.08. The summed E-state index contributed by atoms with van der Waals surface area (Å²) in [6.45, 7) is 3.33. The Hall–Kier alpha value is -3.19. The average Bonchev–Trinajstić information content (AvgIpc) is 3.16. The van der Waals surface area contributed by atoms with Crippen LogP contribution in [0.15, 0.2) is 48.7 Å². The average molecular weight is 450 g/mol. The highest BCUT2D eigenvalue weighted by Crippen LogP contribution is 2.37. The van der Waals surface area contributed by atoms with E-state index < -0.39 is 5.97 Å². The molecule has 2 aromatic heterocycles. The van der Waals surface area contributed by atoms with Gasteiger partial charge in [0.15, 0.2) is 0 Å². The molecule has 174 valence electrons. The van der Waals surface area contributed by atoms with Gasteiger partial charge in [0.2, 0.25) is 5.88 Å². The molecule has 0 bridgehead atoms. The molecule has 33 heavy (non-hydrogen) atoms. The lowest BCUT2D eigenvalue weighted by Crippen LogP contribution is -2.23. The van der Waals surface area contributed by atoms with Crippen LogP contribution in [0.3, 0.4) is 0 Å². The van der Waals surface area contributed by atoms with Gasteiger partial charge in [-0.25, -0.2) is 9.78 Å². The van der Waals surface area contributed by atoms with Gasteiger partial charge in [0, 0.05) is 35.6 Å². The molecule has 1 saturated carbocycles. The summed E-state index contributed by atoms with van der Waals surface area (Å²) in [5, 5.41) is 13.8. The van der Waals surface area contributed by atoms with Gasteiger partial charge in [0.25, 0.3) is 0 Å². The summed E-state index contributed by atoms with van der Waals surface area (Å²) in [5.41, 5.74) is 5.34. The molecule has 1 fully saturated rings. The number of ether oxygens (including phenoxy) is 2. The molecule has 0 atom stereocenters. The van der Waals surface area contributed by atoms with E-state index in [1.165, 1.54) is 0 Å². The molecular formula is C26H31N3O4. The molecule has 7 nitrogen and oxygen atoms in total. The molecule has 3 aromatic rings. The Bertz CT molecular complexity index is 1070. The van der Waals surface area contributed by atoms with Gasteiger partial charge in [-0.3, -0.25) is 4.68 Å². The molecule has 0 amide bonds. The van der Waals surface area contributed by atoms with Crippen molar-refractivity contribution in [3.8, 4) is 28.3 Å². The Kier molecular flexibility index (Phi) is 7.40. The van der Waals surface area contributed by atoms with Gasteiger partial charge in [-0.05, 0) is 56.1 Å². The number of aromatic nitrogens is 3. The van der Waals surface area contributed by atoms with Gasteiger partial charge < -0.3 is 14.6 Å². The van der Waals surface area contributed by atoms with Crippen LogP contribution in [0, 0.1) is 18.8 Å². The first-order valence-corrected chi connectivity index (χ1v) is 11.5. The number of rotatable bonds is 9. The molecule has 0 aliphatic heterocycles. The number of carboxylic acids is 1. The third-order valence-corrected chi connectivity index (χ3v) is 6.46. The Balaban J connectivity index is 1.54. The fraction of sp³-hybridized carbons (Fsp3) is 0.423. The van der Waals surface area contributed by atoms with Crippen LogP contribution in [-0.2, 0) is 16.1 Å². The number of hydrogen-bond donors (Lipinski definition) is 1. The number of pyridine rings is 1. The predicted octanol–water partition coefficient (Wildman–Crippen LogP) is 4.84. The van der Waals surface area contributed by atoms with E-state index in [0.717, 1.165) is 60.3 Å². The van der Waals surface area contributed by atoms with Crippen LogP contribution in [0.5, 0.6) is 5.88 Å². The normalized spacial score (nSPS) is 18.2. The lowest BCUT2D eigenvalue weighted by molar-refractivity contribution is -0.142. The van der Waals surface area contributed by atoms with E-state index in [2.05, 4.69) is 28.7 Å². The Morgan fingerprint density at radius 3 is 2.52 bits per heavy atom. The molecule has 1 aliphatic carbocycles. The second-order valence-corrected chi connectivity index (χ2v) is 8.74. The van der Waals surface area contributed by atoms with Crippen molar-refractivity contribution in [1.29, 1.82) is 0 Å². The zero-order valence-corrected chi connectivity index (χ0v) is 19.2. The van der Waals surface area contributed by atoms with Crippen LogP contribution in [0.25, 0.3) is 22.4 Å². The second-order valence-electron chi connectivity index (χ2n) is 8.74. The zero-order valence-electron chi connectivity index (χ0n) is 19.2. The monoisotopic (exact) mass is 449 g/mol. The van der Waals surface area contributed by atoms with Crippen molar-refractivity contribution in [2.75, 3.05) is 20.3 Å². The zero-order chi connectivity index (χ0) is 23.2. The second kappa shape index (κ2) is 10.6. The van der Waals surface area contributed by atoms with Crippen molar-refractivity contribution in [3.05, 3.63) is 54.4 Å². The van der Waals surface area contributed by atoms with Crippen molar-refractivity contribution in [2.24, 2.45) is 11.8 Å². The van der Waals surface area contributed by atoms with Crippen LogP contribution >= 0.6 is 0 Å². The first-order chi connectivity index (χ1) is 16.0. The number of carbonyl (C=O) groups is 1. The topological polar surface area (TPSA) is 86.5 Å². The van der Waals surface area contributed by atoms with Gasteiger partial charge in [0.1, 0.15) is 12.3 Å². The molecule has 2 heterocycles. The summed E-state index contributed by atoms with van der Waals surface area (Å²) in [4.78, 5) is 14.9. The van der Waals surface area contributed by atoms with E-state index in [4.69, 9.17) is 19.7 Å². The molecule has 0 saturated heterocycles. The number of hydrogen-bond acceptors (Lipinski definition) is 5. The Morgan fingerprint density at radius 1 is 1.09 bits per heavy atom. The van der Waals surface area contributed by atoms with Gasteiger partial charge in [-0.1, -0.05) is 30.3 Å². The van der Waals surface area contributed by atoms with Crippen LogP contribution in [0.2, 0.25) is 0 Å². The maximum atomic E-state index is 10.7. The maximum Gasteiger partial charge on any atom is 0.329 e. The SMILES string of the molecule is COc1cc(-c2c(-c3ccccc3)nn(CC3CCC(COCC(=O)O)CC3)c2C)ccn1. The lowest BCUT2D eigenvalue weighted by atomic mass is 9.82. The molecule has 4 rings (SSSR count). The first kappa shape index (κ1) is 23.0. The molecule has 1 N–H and O–H groups in total. The summed E-state index contributed by atoms with van der Waals surface area (Å²) >= 11 is 0. The highest BCUT2D eigenvalue weighted by Gasteiger charge is 2.25. The fourth-order valence-electron chi connectivity index (χ4n) is 4.68. The van der Waals surface area contributed by atoms with Crippen molar-refractivity contribution in [2.45, 2.75) is 39.2 Å². The van der Waals surface area contributed by atoms with E-state index >= 15 is 0 Å². The summed E-state index contributed by atoms with van der Waals surface area (Å²) in [5.74, 6) is 0.665. The van der Waals surface area contributed by atoms with Crippen molar-refractivity contribution >= 4 is 5.97 Å². The Labute approximate surface area is 194 Å². The highest BCUT2D eigenvalue weighted by molar-refractivity contribution is 5.82. The molecular weight excluding hydrogens is 418 g/mol. The number of methoxy groups -OCH3 is 1. The van der Waals surface area contributed by atoms with E-state index in [0.29, 0.717) is 24.3 Å². The third-order valence-electron chi connectivity index (χ3n) is 6.46. The van der Waals surface area contributed by atoms with E-state index in [9.17, 15) is 4.79 Å². The van der Waals surface area contributed by atoms with E-state index in [1.54, 1.807) is 13.3 Å². The van der Waals surface area contributed by atoms with Gasteiger partial charge in [-0.2, -0.15) is 5.10 Å². The number of nitrogens with zero attached hydrogens (tertiary/aromatic N) is 3. The molecule has 1 aromatic carbocycles. The highest BCUT2D eigenvalue weighted by atomic mass is 16.5.